The first-order valence-corrected chi connectivity index (χ1v) is 6.43. The van der Waals surface area contributed by atoms with E-state index in [9.17, 15) is 9.59 Å². The van der Waals surface area contributed by atoms with Gasteiger partial charge in [0, 0.05) is 25.6 Å². The van der Waals surface area contributed by atoms with Crippen LogP contribution in [-0.4, -0.2) is 29.6 Å². The largest absolute Gasteiger partial charge is 0.481 e. The summed E-state index contributed by atoms with van der Waals surface area (Å²) in [6.07, 6.45) is 1.57. The summed E-state index contributed by atoms with van der Waals surface area (Å²) in [5.41, 5.74) is 1.91. The minimum absolute atomic E-state index is 0.0574. The van der Waals surface area contributed by atoms with Crippen molar-refractivity contribution in [1.29, 1.82) is 0 Å². The third kappa shape index (κ3) is 4.37. The van der Waals surface area contributed by atoms with Gasteiger partial charge in [-0.15, -0.1) is 0 Å². The van der Waals surface area contributed by atoms with E-state index in [4.69, 9.17) is 5.11 Å². The van der Waals surface area contributed by atoms with Gasteiger partial charge in [-0.2, -0.15) is 0 Å². The van der Waals surface area contributed by atoms with Crippen molar-refractivity contribution in [2.24, 2.45) is 0 Å². The fraction of sp³-hybridized carbons (Fsp3) is 0.429. The van der Waals surface area contributed by atoms with Crippen molar-refractivity contribution >= 4 is 11.9 Å². The predicted octanol–water partition coefficient (Wildman–Crippen LogP) is 0.682. The van der Waals surface area contributed by atoms with Crippen LogP contribution in [0.1, 0.15) is 24.0 Å². The summed E-state index contributed by atoms with van der Waals surface area (Å²) in [5, 5.41) is 14.9. The highest BCUT2D eigenvalue weighted by molar-refractivity contribution is 5.78. The molecule has 1 aliphatic rings. The standard InChI is InChI=1S/C14H18N2O3/c17-13-6-5-12(16-13)9-15-8-11-3-1-10(2-4-11)7-14(18)19/h1-4,12,15H,5-9H2,(H,16,17)(H,18,19). The summed E-state index contributed by atoms with van der Waals surface area (Å²) >= 11 is 0. The fourth-order valence-electron chi connectivity index (χ4n) is 2.17. The van der Waals surface area contributed by atoms with E-state index in [1.165, 1.54) is 0 Å². The summed E-state index contributed by atoms with van der Waals surface area (Å²) in [6, 6.07) is 7.76. The molecule has 0 aliphatic carbocycles. The Labute approximate surface area is 112 Å². The lowest BCUT2D eigenvalue weighted by Crippen LogP contribution is -2.35. The maximum atomic E-state index is 11.0. The number of hydrogen-bond acceptors (Lipinski definition) is 3. The van der Waals surface area contributed by atoms with Gasteiger partial charge in [-0.05, 0) is 17.5 Å². The molecule has 1 aliphatic heterocycles. The van der Waals surface area contributed by atoms with Crippen LogP contribution in [0.2, 0.25) is 0 Å². The van der Waals surface area contributed by atoms with Gasteiger partial charge in [0.2, 0.25) is 5.91 Å². The minimum atomic E-state index is -0.817. The number of benzene rings is 1. The van der Waals surface area contributed by atoms with Crippen molar-refractivity contribution in [3.63, 3.8) is 0 Å². The number of carbonyl (C=O) groups excluding carboxylic acids is 1. The van der Waals surface area contributed by atoms with E-state index in [-0.39, 0.29) is 18.4 Å². The van der Waals surface area contributed by atoms with Crippen molar-refractivity contribution in [1.82, 2.24) is 10.6 Å². The zero-order chi connectivity index (χ0) is 13.7. The highest BCUT2D eigenvalue weighted by Crippen LogP contribution is 2.07. The molecular formula is C14H18N2O3. The lowest BCUT2D eigenvalue weighted by molar-refractivity contribution is -0.136. The lowest BCUT2D eigenvalue weighted by Gasteiger charge is -2.11. The third-order valence-corrected chi connectivity index (χ3v) is 3.18. The second kappa shape index (κ2) is 6.33. The SMILES string of the molecule is O=C(O)Cc1ccc(CNCC2CCC(=O)N2)cc1. The number of nitrogens with one attached hydrogen (secondary N) is 2. The fourth-order valence-corrected chi connectivity index (χ4v) is 2.17. The number of hydrogen-bond donors (Lipinski definition) is 3. The molecule has 0 saturated carbocycles. The quantitative estimate of drug-likeness (QED) is 0.704. The molecule has 1 atom stereocenters. The van der Waals surface area contributed by atoms with Crippen LogP contribution in [0, 0.1) is 0 Å². The summed E-state index contributed by atoms with van der Waals surface area (Å²) < 4.78 is 0. The van der Waals surface area contributed by atoms with Gasteiger partial charge in [0.25, 0.3) is 0 Å². The van der Waals surface area contributed by atoms with Crippen molar-refractivity contribution in [3.8, 4) is 0 Å². The van der Waals surface area contributed by atoms with Crippen LogP contribution in [0.4, 0.5) is 0 Å². The third-order valence-electron chi connectivity index (χ3n) is 3.18. The van der Waals surface area contributed by atoms with E-state index >= 15 is 0 Å². The van der Waals surface area contributed by atoms with Crippen molar-refractivity contribution < 1.29 is 14.7 Å². The lowest BCUT2D eigenvalue weighted by atomic mass is 10.1. The molecule has 3 N–H and O–H groups in total. The molecular weight excluding hydrogens is 244 g/mol. The normalized spacial score (nSPS) is 18.3. The molecule has 0 spiro atoms. The van der Waals surface area contributed by atoms with E-state index in [1.807, 2.05) is 24.3 Å². The van der Waals surface area contributed by atoms with Gasteiger partial charge in [-0.25, -0.2) is 0 Å². The van der Waals surface area contributed by atoms with E-state index in [1.54, 1.807) is 0 Å². The maximum Gasteiger partial charge on any atom is 0.307 e. The molecule has 5 nitrogen and oxygen atoms in total. The van der Waals surface area contributed by atoms with Gasteiger partial charge in [-0.1, -0.05) is 24.3 Å². The van der Waals surface area contributed by atoms with Crippen LogP contribution in [0.15, 0.2) is 24.3 Å². The molecule has 1 heterocycles. The van der Waals surface area contributed by atoms with Crippen LogP contribution in [0.5, 0.6) is 0 Å². The van der Waals surface area contributed by atoms with Crippen molar-refractivity contribution in [2.45, 2.75) is 31.8 Å². The van der Waals surface area contributed by atoms with E-state index < -0.39 is 5.97 Å². The Hall–Kier alpha value is -1.88. The van der Waals surface area contributed by atoms with Gasteiger partial charge in [-0.3, -0.25) is 9.59 Å². The highest BCUT2D eigenvalue weighted by atomic mass is 16.4. The van der Waals surface area contributed by atoms with Gasteiger partial charge in [0.1, 0.15) is 0 Å². The molecule has 2 rings (SSSR count). The van der Waals surface area contributed by atoms with E-state index in [0.29, 0.717) is 6.42 Å². The first-order chi connectivity index (χ1) is 9.13. The zero-order valence-electron chi connectivity index (χ0n) is 10.7. The Morgan fingerprint density at radius 2 is 2.00 bits per heavy atom. The number of carboxylic acid groups (broad SMARTS) is 1. The van der Waals surface area contributed by atoms with Crippen LogP contribution in [-0.2, 0) is 22.6 Å². The molecule has 102 valence electrons. The number of aliphatic carboxylic acids is 1. The molecule has 0 radical (unpaired) electrons. The average Bonchev–Trinajstić information content (AvgIpc) is 2.77. The molecule has 1 amide bonds. The van der Waals surface area contributed by atoms with Crippen LogP contribution in [0.25, 0.3) is 0 Å². The first kappa shape index (κ1) is 13.5. The second-order valence-electron chi connectivity index (χ2n) is 4.82. The topological polar surface area (TPSA) is 78.4 Å². The maximum absolute atomic E-state index is 11.0. The smallest absolute Gasteiger partial charge is 0.307 e. The van der Waals surface area contributed by atoms with Gasteiger partial charge in [0.05, 0.1) is 6.42 Å². The molecule has 1 aromatic carbocycles. The highest BCUT2D eigenvalue weighted by Gasteiger charge is 2.19. The number of carbonyl (C=O) groups is 2. The summed E-state index contributed by atoms with van der Waals surface area (Å²) in [5.74, 6) is -0.687. The molecule has 1 aromatic rings. The molecule has 1 fully saturated rings. The average molecular weight is 262 g/mol. The molecule has 0 aromatic heterocycles. The summed E-state index contributed by atoms with van der Waals surface area (Å²) in [6.45, 7) is 1.49. The van der Waals surface area contributed by atoms with Gasteiger partial charge in [0.15, 0.2) is 0 Å². The molecule has 0 bridgehead atoms. The zero-order valence-corrected chi connectivity index (χ0v) is 10.7. The molecule has 19 heavy (non-hydrogen) atoms. The predicted molar refractivity (Wildman–Crippen MR) is 70.7 cm³/mol. The Bertz CT molecular complexity index is 456. The van der Waals surface area contributed by atoms with Crippen molar-refractivity contribution in [2.75, 3.05) is 6.54 Å². The van der Waals surface area contributed by atoms with E-state index in [0.717, 1.165) is 30.6 Å². The monoisotopic (exact) mass is 262 g/mol. The van der Waals surface area contributed by atoms with E-state index in [2.05, 4.69) is 10.6 Å². The minimum Gasteiger partial charge on any atom is -0.481 e. The van der Waals surface area contributed by atoms with Gasteiger partial charge >= 0.3 is 5.97 Å². The Kier molecular flexibility index (Phi) is 4.52. The Balaban J connectivity index is 1.73. The Morgan fingerprint density at radius 1 is 1.32 bits per heavy atom. The molecule has 1 unspecified atom stereocenters. The number of rotatable bonds is 6. The summed E-state index contributed by atoms with van der Waals surface area (Å²) in [7, 11) is 0. The van der Waals surface area contributed by atoms with Crippen LogP contribution in [0.3, 0.4) is 0 Å². The van der Waals surface area contributed by atoms with Gasteiger partial charge < -0.3 is 15.7 Å². The Morgan fingerprint density at radius 3 is 2.58 bits per heavy atom. The first-order valence-electron chi connectivity index (χ1n) is 6.43. The van der Waals surface area contributed by atoms with Crippen molar-refractivity contribution in [3.05, 3.63) is 35.4 Å². The van der Waals surface area contributed by atoms with Crippen LogP contribution < -0.4 is 10.6 Å². The van der Waals surface area contributed by atoms with Crippen LogP contribution >= 0.6 is 0 Å². The summed E-state index contributed by atoms with van der Waals surface area (Å²) in [4.78, 5) is 21.6. The number of carboxylic acids is 1. The molecule has 5 heteroatoms. The molecule has 1 saturated heterocycles. The number of amides is 1. The second-order valence-corrected chi connectivity index (χ2v) is 4.82.